The van der Waals surface area contributed by atoms with Crippen LogP contribution in [0, 0.1) is 12.8 Å². The summed E-state index contributed by atoms with van der Waals surface area (Å²) in [6.45, 7) is 3.85. The predicted molar refractivity (Wildman–Crippen MR) is 132 cm³/mol. The summed E-state index contributed by atoms with van der Waals surface area (Å²) < 4.78 is 35.6. The Morgan fingerprint density at radius 1 is 1.17 bits per heavy atom. The van der Waals surface area contributed by atoms with E-state index >= 15 is 0 Å². The van der Waals surface area contributed by atoms with Crippen molar-refractivity contribution < 1.29 is 22.7 Å². The van der Waals surface area contributed by atoms with Crippen molar-refractivity contribution in [3.63, 3.8) is 0 Å². The lowest BCUT2D eigenvalue weighted by Crippen LogP contribution is -2.47. The number of carbonyl (C=O) groups excluding carboxylic acids is 1. The van der Waals surface area contributed by atoms with Crippen LogP contribution in [0.2, 0.25) is 0 Å². The molecule has 1 amide bonds. The highest BCUT2D eigenvalue weighted by Gasteiger charge is 2.29. The van der Waals surface area contributed by atoms with Gasteiger partial charge in [0.15, 0.2) is 21.3 Å². The first-order chi connectivity index (χ1) is 16.8. The van der Waals surface area contributed by atoms with Crippen LogP contribution in [0.3, 0.4) is 0 Å². The van der Waals surface area contributed by atoms with Crippen molar-refractivity contribution in [2.24, 2.45) is 5.92 Å². The van der Waals surface area contributed by atoms with Crippen molar-refractivity contribution in [1.82, 2.24) is 15.3 Å². The first kappa shape index (κ1) is 23.3. The minimum Gasteiger partial charge on any atom is -0.486 e. The zero-order valence-electron chi connectivity index (χ0n) is 19.7. The average Bonchev–Trinajstić information content (AvgIpc) is 2.86. The van der Waals surface area contributed by atoms with E-state index in [2.05, 4.69) is 15.3 Å². The Labute approximate surface area is 204 Å². The minimum atomic E-state index is -3.34. The molecule has 1 aromatic heterocycles. The molecule has 3 aromatic rings. The van der Waals surface area contributed by atoms with Crippen LogP contribution >= 0.6 is 0 Å². The van der Waals surface area contributed by atoms with Crippen molar-refractivity contribution in [1.29, 1.82) is 0 Å². The maximum atomic E-state index is 13.0. The molecule has 9 nitrogen and oxygen atoms in total. The van der Waals surface area contributed by atoms with Crippen molar-refractivity contribution in [2.45, 2.75) is 30.8 Å². The number of sulfone groups is 1. The molecule has 0 radical (unpaired) electrons. The van der Waals surface area contributed by atoms with Gasteiger partial charge < -0.3 is 19.7 Å². The Bertz CT molecular complexity index is 1380. The van der Waals surface area contributed by atoms with Gasteiger partial charge in [-0.3, -0.25) is 4.79 Å². The van der Waals surface area contributed by atoms with E-state index in [1.54, 1.807) is 18.2 Å². The second kappa shape index (κ2) is 9.33. The summed E-state index contributed by atoms with van der Waals surface area (Å²) in [5.74, 6) is 1.67. The van der Waals surface area contributed by atoms with E-state index in [4.69, 9.17) is 9.47 Å². The molecule has 184 valence electrons. The van der Waals surface area contributed by atoms with Gasteiger partial charge in [0.25, 0.3) is 0 Å². The minimum absolute atomic E-state index is 0.0333. The fraction of sp³-hybridized carbons (Fsp3) is 0.400. The number of hydrogen-bond acceptors (Lipinski definition) is 8. The molecule has 0 saturated carbocycles. The largest absolute Gasteiger partial charge is 0.486 e. The smallest absolute Gasteiger partial charge is 0.226 e. The highest BCUT2D eigenvalue weighted by molar-refractivity contribution is 7.90. The highest BCUT2D eigenvalue weighted by atomic mass is 32.2. The molecule has 2 aliphatic heterocycles. The van der Waals surface area contributed by atoms with E-state index in [-0.39, 0.29) is 22.8 Å². The molecule has 0 aliphatic carbocycles. The molecular formula is C25H28N4O5S. The van der Waals surface area contributed by atoms with Crippen LogP contribution in [-0.2, 0) is 14.6 Å². The number of aromatic nitrogens is 2. The lowest BCUT2D eigenvalue weighted by molar-refractivity contribution is -0.125. The van der Waals surface area contributed by atoms with Crippen LogP contribution in [0.15, 0.2) is 47.4 Å². The van der Waals surface area contributed by atoms with E-state index in [9.17, 15) is 13.2 Å². The zero-order valence-corrected chi connectivity index (χ0v) is 20.5. The summed E-state index contributed by atoms with van der Waals surface area (Å²) in [6.07, 6.45) is 2.54. The summed E-state index contributed by atoms with van der Waals surface area (Å²) in [6, 6.07) is 12.4. The number of rotatable bonds is 5. The van der Waals surface area contributed by atoms with Crippen LogP contribution in [0.4, 0.5) is 5.95 Å². The Morgan fingerprint density at radius 3 is 2.77 bits per heavy atom. The van der Waals surface area contributed by atoms with Gasteiger partial charge in [-0.05, 0) is 50.1 Å². The lowest BCUT2D eigenvalue weighted by atomic mass is 9.97. The number of fused-ring (bicyclic) bond motifs is 2. The molecule has 3 heterocycles. The molecule has 0 bridgehead atoms. The molecular weight excluding hydrogens is 468 g/mol. The van der Waals surface area contributed by atoms with Crippen LogP contribution < -0.4 is 19.7 Å². The average molecular weight is 497 g/mol. The van der Waals surface area contributed by atoms with E-state index in [1.165, 1.54) is 6.26 Å². The van der Waals surface area contributed by atoms with Gasteiger partial charge in [0.05, 0.1) is 28.6 Å². The number of ether oxygens (including phenoxy) is 2. The monoisotopic (exact) mass is 496 g/mol. The van der Waals surface area contributed by atoms with Crippen LogP contribution in [0.5, 0.6) is 11.5 Å². The van der Waals surface area contributed by atoms with Crippen LogP contribution in [0.1, 0.15) is 18.5 Å². The number of hydrogen-bond donors (Lipinski definition) is 1. The Hall–Kier alpha value is -3.40. The number of aryl methyl sites for hydroxylation is 1. The molecule has 1 N–H and O–H groups in total. The highest BCUT2D eigenvalue weighted by Crippen LogP contribution is 2.31. The molecule has 2 atom stereocenters. The normalized spacial score (nSPS) is 20.0. The van der Waals surface area contributed by atoms with Gasteiger partial charge in [0.1, 0.15) is 12.7 Å². The van der Waals surface area contributed by atoms with Gasteiger partial charge in [-0.2, -0.15) is 0 Å². The Kier molecular flexibility index (Phi) is 6.22. The fourth-order valence-electron chi connectivity index (χ4n) is 4.52. The van der Waals surface area contributed by atoms with Crippen molar-refractivity contribution >= 4 is 32.6 Å². The third-order valence-corrected chi connectivity index (χ3v) is 7.53. The third kappa shape index (κ3) is 5.02. The molecule has 10 heteroatoms. The summed E-state index contributed by atoms with van der Waals surface area (Å²) in [7, 11) is -3.34. The summed E-state index contributed by atoms with van der Waals surface area (Å²) in [5.41, 5.74) is 1.35. The third-order valence-electron chi connectivity index (χ3n) is 6.42. The van der Waals surface area contributed by atoms with E-state index in [0.717, 1.165) is 30.5 Å². The first-order valence-corrected chi connectivity index (χ1v) is 13.6. The van der Waals surface area contributed by atoms with Crippen LogP contribution in [-0.4, -0.2) is 62.9 Å². The Morgan fingerprint density at radius 2 is 1.97 bits per heavy atom. The number of piperidine rings is 1. The Balaban J connectivity index is 1.26. The van der Waals surface area contributed by atoms with Gasteiger partial charge in [-0.1, -0.05) is 12.1 Å². The van der Waals surface area contributed by atoms with Gasteiger partial charge in [-0.15, -0.1) is 0 Å². The van der Waals surface area contributed by atoms with E-state index in [1.807, 2.05) is 36.1 Å². The maximum absolute atomic E-state index is 13.0. The zero-order chi connectivity index (χ0) is 24.6. The molecule has 1 saturated heterocycles. The molecule has 1 fully saturated rings. The number of nitrogens with zero attached hydrogens (tertiary/aromatic N) is 3. The molecule has 2 aliphatic rings. The van der Waals surface area contributed by atoms with Gasteiger partial charge >= 0.3 is 0 Å². The van der Waals surface area contributed by atoms with Gasteiger partial charge in [0.2, 0.25) is 11.9 Å². The number of para-hydroxylation sites is 2. The molecule has 0 spiro atoms. The SMILES string of the molecule is Cc1nc(N2CCC[C@H](C(=O)NC[C@@H]3COc4ccccc4O3)C2)nc2cc(S(C)(=O)=O)ccc12. The lowest BCUT2D eigenvalue weighted by Gasteiger charge is -2.33. The van der Waals surface area contributed by atoms with E-state index in [0.29, 0.717) is 42.7 Å². The number of nitrogens with one attached hydrogen (secondary N) is 1. The molecule has 0 unspecified atom stereocenters. The number of amides is 1. The number of carbonyl (C=O) groups is 1. The van der Waals surface area contributed by atoms with Crippen molar-refractivity contribution in [3.8, 4) is 11.5 Å². The van der Waals surface area contributed by atoms with E-state index < -0.39 is 9.84 Å². The molecule has 35 heavy (non-hydrogen) atoms. The molecule has 2 aromatic carbocycles. The standard InChI is InChI=1S/C25H28N4O5S/c1-16-20-10-9-19(35(2,31)32)12-21(20)28-25(27-16)29-11-5-6-17(14-29)24(30)26-13-18-15-33-22-7-3-4-8-23(22)34-18/h3-4,7-10,12,17-18H,5-6,11,13-15H2,1-2H3,(H,26,30)/t17-,18+/m0/s1. The summed E-state index contributed by atoms with van der Waals surface area (Å²) >= 11 is 0. The topological polar surface area (TPSA) is 111 Å². The second-order valence-electron chi connectivity index (χ2n) is 9.09. The fourth-order valence-corrected chi connectivity index (χ4v) is 5.16. The number of anilines is 1. The summed E-state index contributed by atoms with van der Waals surface area (Å²) in [4.78, 5) is 24.5. The van der Waals surface area contributed by atoms with Gasteiger partial charge in [0, 0.05) is 24.7 Å². The quantitative estimate of drug-likeness (QED) is 0.574. The maximum Gasteiger partial charge on any atom is 0.226 e. The molecule has 5 rings (SSSR count). The van der Waals surface area contributed by atoms with Crippen molar-refractivity contribution in [2.75, 3.05) is 37.4 Å². The van der Waals surface area contributed by atoms with Crippen LogP contribution in [0.25, 0.3) is 10.9 Å². The first-order valence-electron chi connectivity index (χ1n) is 11.7. The van der Waals surface area contributed by atoms with Crippen molar-refractivity contribution in [3.05, 3.63) is 48.2 Å². The number of benzene rings is 2. The van der Waals surface area contributed by atoms with Gasteiger partial charge in [-0.25, -0.2) is 18.4 Å². The predicted octanol–water partition coefficient (Wildman–Crippen LogP) is 2.51. The summed E-state index contributed by atoms with van der Waals surface area (Å²) in [5, 5.41) is 3.82. The second-order valence-corrected chi connectivity index (χ2v) is 11.1.